The Morgan fingerprint density at radius 1 is 0.738 bits per heavy atom. The smallest absolute Gasteiger partial charge is 0.0498 e. The number of pyridine rings is 1. The van der Waals surface area contributed by atoms with Crippen molar-refractivity contribution >= 4 is 22.7 Å². The molecule has 0 N–H and O–H groups in total. The Morgan fingerprint density at radius 3 is 1.93 bits per heavy atom. The van der Waals surface area contributed by atoms with Crippen LogP contribution in [-0.4, -0.2) is 16.9 Å². The predicted octanol–water partition coefficient (Wildman–Crippen LogP) is 9.26. The Balaban J connectivity index is 0.00000405. The summed E-state index contributed by atoms with van der Waals surface area (Å²) in [5.41, 5.74) is 6.57. The molecule has 0 spiro atoms. The molecule has 0 amide bonds. The number of hydrogen-bond donors (Lipinski definition) is 0. The average molecular weight is 648 g/mol. The first kappa shape index (κ1) is 31.5. The Labute approximate surface area is 266 Å². The van der Waals surface area contributed by atoms with Gasteiger partial charge in [0.1, 0.15) is 0 Å². The van der Waals surface area contributed by atoms with Gasteiger partial charge in [-0.25, -0.2) is 0 Å². The van der Waals surface area contributed by atoms with E-state index in [9.17, 15) is 0 Å². The van der Waals surface area contributed by atoms with E-state index in [0.29, 0.717) is 0 Å². The van der Waals surface area contributed by atoms with Gasteiger partial charge in [-0.2, -0.15) is 30.9 Å². The molecule has 0 aliphatic carbocycles. The summed E-state index contributed by atoms with van der Waals surface area (Å²) in [6.07, 6.45) is 4.02. The summed E-state index contributed by atoms with van der Waals surface area (Å²) in [7, 11) is 2.04. The number of hydrogen-bond acceptors (Lipinski definition) is 4. The van der Waals surface area contributed by atoms with Gasteiger partial charge in [0.05, 0.1) is 0 Å². The van der Waals surface area contributed by atoms with Crippen LogP contribution in [-0.2, 0) is 25.8 Å². The minimum absolute atomic E-state index is 0. The second-order valence-corrected chi connectivity index (χ2v) is 12.9. The fraction of sp³-hybridized carbons (Fsp3) is 0.297. The Morgan fingerprint density at radius 2 is 1.36 bits per heavy atom. The Kier molecular flexibility index (Phi) is 9.07. The van der Waals surface area contributed by atoms with E-state index in [1.807, 2.05) is 19.3 Å². The second kappa shape index (κ2) is 12.1. The van der Waals surface area contributed by atoms with Crippen molar-refractivity contribution in [3.8, 4) is 0 Å². The van der Waals surface area contributed by atoms with E-state index in [2.05, 4.69) is 167 Å². The van der Waals surface area contributed by atoms with E-state index < -0.39 is 5.41 Å². The first-order valence-corrected chi connectivity index (χ1v) is 14.3. The zero-order valence-electron chi connectivity index (χ0n) is 25.9. The Bertz CT molecular complexity index is 1500. The van der Waals surface area contributed by atoms with Crippen LogP contribution in [0.15, 0.2) is 103 Å². The summed E-state index contributed by atoms with van der Waals surface area (Å²) in [5, 5.41) is 0. The number of para-hydroxylation sites is 1. The maximum Gasteiger partial charge on any atom is 0.0498 e. The third-order valence-electron chi connectivity index (χ3n) is 8.07. The van der Waals surface area contributed by atoms with Crippen molar-refractivity contribution in [3.63, 3.8) is 0 Å². The molecule has 5 rings (SSSR count). The van der Waals surface area contributed by atoms with Crippen LogP contribution in [0.5, 0.6) is 0 Å². The van der Waals surface area contributed by atoms with Crippen molar-refractivity contribution in [3.05, 3.63) is 133 Å². The molecule has 42 heavy (non-hydrogen) atoms. The molecule has 0 unspecified atom stereocenters. The molecule has 0 saturated carbocycles. The summed E-state index contributed by atoms with van der Waals surface area (Å²) in [5.74, 6) is 0. The van der Waals surface area contributed by atoms with Gasteiger partial charge in [0.15, 0.2) is 0 Å². The minimum atomic E-state index is -0.414. The molecule has 4 nitrogen and oxygen atoms in total. The van der Waals surface area contributed by atoms with Gasteiger partial charge in [-0.3, -0.25) is 4.98 Å². The Hall–Kier alpha value is -3.39. The van der Waals surface area contributed by atoms with E-state index in [4.69, 9.17) is 4.98 Å². The van der Waals surface area contributed by atoms with Crippen molar-refractivity contribution in [2.75, 3.05) is 16.8 Å². The molecule has 222 valence electrons. The van der Waals surface area contributed by atoms with Gasteiger partial charge >= 0.3 is 0 Å². The summed E-state index contributed by atoms with van der Waals surface area (Å²) in [4.78, 5) is 11.4. The van der Waals surface area contributed by atoms with E-state index >= 15 is 0 Å². The summed E-state index contributed by atoms with van der Waals surface area (Å²) in [6.45, 7) is 18.1. The first-order chi connectivity index (χ1) is 19.4. The molecular weight excluding hydrogens is 607 g/mol. The van der Waals surface area contributed by atoms with Crippen LogP contribution < -0.4 is 9.80 Å². The predicted molar refractivity (Wildman–Crippen MR) is 171 cm³/mol. The first-order valence-electron chi connectivity index (χ1n) is 14.3. The van der Waals surface area contributed by atoms with Gasteiger partial charge in [-0.1, -0.05) is 77.2 Å². The fourth-order valence-electron chi connectivity index (χ4n) is 6.85. The number of rotatable bonds is 6. The molecule has 5 heteroatoms. The molecule has 1 aliphatic heterocycles. The van der Waals surface area contributed by atoms with Gasteiger partial charge < -0.3 is 14.7 Å². The molecule has 3 aromatic carbocycles. The number of nitrogens with zero attached hydrogens (tertiary/aromatic N) is 4. The molecule has 4 aromatic rings. The largest absolute Gasteiger partial charge is 0.510 e. The maximum atomic E-state index is 4.96. The van der Waals surface area contributed by atoms with Crippen LogP contribution in [0.4, 0.5) is 22.7 Å². The molecule has 0 atom stereocenters. The third kappa shape index (κ3) is 5.66. The summed E-state index contributed by atoms with van der Waals surface area (Å²) >= 11 is 0. The quantitative estimate of drug-likeness (QED) is 0.154. The second-order valence-electron chi connectivity index (χ2n) is 12.9. The van der Waals surface area contributed by atoms with E-state index in [-0.39, 0.29) is 31.3 Å². The van der Waals surface area contributed by atoms with E-state index in [1.165, 1.54) is 0 Å². The standard InChI is InChI=1S/C37H41N4.Pd/c1-28-26-39(8)27-40(28)31-19-15-21-33(25-31)41(30-17-10-9-11-18-30)32-20-14-16-29(24-32)37(35(2,3)4,36(5,6)7)34-22-12-13-23-38-34;/h9-23,26-27H,1-8H3;/q-3;. The number of allylic oxidation sites excluding steroid dienone is 1. The summed E-state index contributed by atoms with van der Waals surface area (Å²) in [6, 6.07) is 37.2. The number of anilines is 4. The average Bonchev–Trinajstić information content (AvgIpc) is 3.27. The van der Waals surface area contributed by atoms with Crippen molar-refractivity contribution in [1.82, 2.24) is 9.88 Å². The van der Waals surface area contributed by atoms with Gasteiger partial charge in [0.25, 0.3) is 0 Å². The topological polar surface area (TPSA) is 22.6 Å². The number of aromatic nitrogens is 1. The zero-order valence-corrected chi connectivity index (χ0v) is 27.5. The molecule has 1 aromatic heterocycles. The van der Waals surface area contributed by atoms with Crippen molar-refractivity contribution in [1.29, 1.82) is 0 Å². The molecule has 0 saturated heterocycles. The van der Waals surface area contributed by atoms with Gasteiger partial charge in [-0.15, -0.1) is 35.5 Å². The van der Waals surface area contributed by atoms with Crippen LogP contribution in [0.25, 0.3) is 0 Å². The van der Waals surface area contributed by atoms with Gasteiger partial charge in [-0.05, 0) is 61.0 Å². The zero-order chi connectivity index (χ0) is 29.4. The molecular formula is C37H41N4Pd-3. The SMILES string of the molecule is CC1=CN(C)[CH-]N1c1[c-]c(N(c2[c-]c(C(c3ccccn3)(C(C)(C)C)C(C)(C)C)ccc2)c2ccccc2)ccc1.[Pd]. The molecule has 1 aliphatic rings. The van der Waals surface area contributed by atoms with Crippen LogP contribution in [0.2, 0.25) is 0 Å². The van der Waals surface area contributed by atoms with Crippen LogP contribution in [0, 0.1) is 29.6 Å². The molecule has 0 radical (unpaired) electrons. The summed E-state index contributed by atoms with van der Waals surface area (Å²) < 4.78 is 0. The number of benzene rings is 3. The van der Waals surface area contributed by atoms with E-state index in [0.717, 1.165) is 39.7 Å². The van der Waals surface area contributed by atoms with Crippen molar-refractivity contribution in [2.45, 2.75) is 53.9 Å². The van der Waals surface area contributed by atoms with Crippen molar-refractivity contribution in [2.24, 2.45) is 10.8 Å². The third-order valence-corrected chi connectivity index (χ3v) is 8.07. The molecule has 0 fully saturated rings. The normalized spacial score (nSPS) is 14.0. The van der Waals surface area contributed by atoms with Crippen LogP contribution >= 0.6 is 0 Å². The van der Waals surface area contributed by atoms with Gasteiger partial charge in [0, 0.05) is 43.4 Å². The van der Waals surface area contributed by atoms with Crippen LogP contribution in [0.1, 0.15) is 59.7 Å². The fourth-order valence-corrected chi connectivity index (χ4v) is 6.85. The molecule has 2 heterocycles. The van der Waals surface area contributed by atoms with Gasteiger partial charge in [0.2, 0.25) is 0 Å². The molecule has 0 bridgehead atoms. The minimum Gasteiger partial charge on any atom is -0.510 e. The van der Waals surface area contributed by atoms with Crippen molar-refractivity contribution < 1.29 is 20.4 Å². The van der Waals surface area contributed by atoms with E-state index in [1.54, 1.807) is 0 Å². The van der Waals surface area contributed by atoms with Crippen LogP contribution in [0.3, 0.4) is 0 Å². The maximum absolute atomic E-state index is 4.96. The monoisotopic (exact) mass is 647 g/mol.